The van der Waals surface area contributed by atoms with Crippen molar-refractivity contribution in [1.82, 2.24) is 0 Å². The second-order valence-electron chi connectivity index (χ2n) is 7.44. The molecular formula is C23H28O. The third kappa shape index (κ3) is 4.03. The van der Waals surface area contributed by atoms with Crippen LogP contribution in [0.25, 0.3) is 5.57 Å². The Morgan fingerprint density at radius 3 is 2.12 bits per heavy atom. The lowest BCUT2D eigenvalue weighted by Gasteiger charge is -2.28. The van der Waals surface area contributed by atoms with Crippen LogP contribution in [0, 0.1) is 20.8 Å². The van der Waals surface area contributed by atoms with E-state index in [0.29, 0.717) is 0 Å². The summed E-state index contributed by atoms with van der Waals surface area (Å²) in [5.74, 6) is 0. The van der Waals surface area contributed by atoms with Crippen LogP contribution in [0.3, 0.4) is 0 Å². The molecule has 2 rings (SSSR count). The molecule has 0 aliphatic heterocycles. The van der Waals surface area contributed by atoms with Crippen molar-refractivity contribution < 1.29 is 4.79 Å². The Kier molecular flexibility index (Phi) is 5.43. The van der Waals surface area contributed by atoms with Crippen LogP contribution in [0.4, 0.5) is 0 Å². The Morgan fingerprint density at radius 2 is 1.62 bits per heavy atom. The van der Waals surface area contributed by atoms with Crippen LogP contribution in [0.1, 0.15) is 65.4 Å². The number of aryl methyl sites for hydroxylation is 3. The Hall–Kier alpha value is -2.15. The maximum absolute atomic E-state index is 11.0. The Bertz CT molecular complexity index is 758. The van der Waals surface area contributed by atoms with Crippen molar-refractivity contribution >= 4 is 11.9 Å². The molecule has 1 nitrogen and oxygen atoms in total. The summed E-state index contributed by atoms with van der Waals surface area (Å²) in [6.07, 6.45) is 4.08. The normalized spacial score (nSPS) is 12.3. The van der Waals surface area contributed by atoms with E-state index in [-0.39, 0.29) is 5.41 Å². The fraction of sp³-hybridized carbons (Fsp3) is 0.348. The molecule has 24 heavy (non-hydrogen) atoms. The summed E-state index contributed by atoms with van der Waals surface area (Å²) < 4.78 is 0. The summed E-state index contributed by atoms with van der Waals surface area (Å²) in [7, 11) is 0. The van der Waals surface area contributed by atoms with Crippen LogP contribution in [0.5, 0.6) is 0 Å². The van der Waals surface area contributed by atoms with E-state index in [4.69, 9.17) is 0 Å². The Labute approximate surface area is 146 Å². The minimum absolute atomic E-state index is 0.0514. The van der Waals surface area contributed by atoms with Crippen molar-refractivity contribution in [3.05, 3.63) is 75.9 Å². The number of benzene rings is 2. The van der Waals surface area contributed by atoms with Gasteiger partial charge in [-0.05, 0) is 61.8 Å². The topological polar surface area (TPSA) is 17.1 Å². The van der Waals surface area contributed by atoms with E-state index >= 15 is 0 Å². The summed E-state index contributed by atoms with van der Waals surface area (Å²) in [6, 6.07) is 12.9. The molecule has 0 atom stereocenters. The molecule has 1 heteroatoms. The standard InChI is InChI=1S/C23H28O/c1-7-19(20-8-9-21(15-24)18(4)13-20)14-23(5,6)22-11-16(2)10-17(3)12-22/h7-13,15H,14H2,1-6H3. The first-order valence-corrected chi connectivity index (χ1v) is 8.57. The molecule has 0 aliphatic carbocycles. The molecule has 0 bridgehead atoms. The molecule has 0 amide bonds. The number of carbonyl (C=O) groups is 1. The maximum atomic E-state index is 11.0. The molecule has 0 spiro atoms. The van der Waals surface area contributed by atoms with Crippen molar-refractivity contribution in [2.75, 3.05) is 0 Å². The predicted molar refractivity (Wildman–Crippen MR) is 104 cm³/mol. The Morgan fingerprint density at radius 1 is 1.00 bits per heavy atom. The van der Waals surface area contributed by atoms with E-state index in [1.54, 1.807) is 0 Å². The van der Waals surface area contributed by atoms with Gasteiger partial charge in [0.2, 0.25) is 0 Å². The largest absolute Gasteiger partial charge is 0.298 e. The van der Waals surface area contributed by atoms with Gasteiger partial charge in [-0.25, -0.2) is 0 Å². The molecule has 0 saturated carbocycles. The number of allylic oxidation sites excluding steroid dienone is 2. The fourth-order valence-corrected chi connectivity index (χ4v) is 3.32. The number of aldehydes is 1. The summed E-state index contributed by atoms with van der Waals surface area (Å²) >= 11 is 0. The van der Waals surface area contributed by atoms with Crippen molar-refractivity contribution in [3.63, 3.8) is 0 Å². The second-order valence-corrected chi connectivity index (χ2v) is 7.44. The summed E-state index contributed by atoms with van der Waals surface area (Å²) in [4.78, 5) is 11.0. The minimum Gasteiger partial charge on any atom is -0.298 e. The van der Waals surface area contributed by atoms with E-state index in [1.165, 1.54) is 27.8 Å². The van der Waals surface area contributed by atoms with Crippen molar-refractivity contribution in [2.24, 2.45) is 0 Å². The molecule has 0 fully saturated rings. The van der Waals surface area contributed by atoms with Gasteiger partial charge in [0, 0.05) is 5.56 Å². The molecule has 0 radical (unpaired) electrons. The lowest BCUT2D eigenvalue weighted by Crippen LogP contribution is -2.18. The monoisotopic (exact) mass is 320 g/mol. The van der Waals surface area contributed by atoms with Gasteiger partial charge in [-0.1, -0.05) is 67.4 Å². The van der Waals surface area contributed by atoms with Crippen molar-refractivity contribution in [2.45, 2.75) is 53.4 Å². The predicted octanol–water partition coefficient (Wildman–Crippen LogP) is 6.20. The first-order chi connectivity index (χ1) is 11.3. The minimum atomic E-state index is 0.0514. The van der Waals surface area contributed by atoms with E-state index in [1.807, 2.05) is 13.0 Å². The molecule has 2 aromatic rings. The number of carbonyl (C=O) groups excluding carboxylic acids is 1. The van der Waals surface area contributed by atoms with Gasteiger partial charge in [0.15, 0.2) is 0 Å². The van der Waals surface area contributed by atoms with Crippen LogP contribution < -0.4 is 0 Å². The third-order valence-electron chi connectivity index (χ3n) is 4.75. The molecule has 0 aromatic heterocycles. The zero-order valence-corrected chi connectivity index (χ0v) is 15.7. The number of rotatable bonds is 5. The van der Waals surface area contributed by atoms with Gasteiger partial charge >= 0.3 is 0 Å². The van der Waals surface area contributed by atoms with Crippen LogP contribution in [-0.2, 0) is 5.41 Å². The highest BCUT2D eigenvalue weighted by Crippen LogP contribution is 2.35. The molecule has 0 aliphatic rings. The first kappa shape index (κ1) is 18.2. The zero-order valence-electron chi connectivity index (χ0n) is 15.7. The molecule has 0 N–H and O–H groups in total. The van der Waals surface area contributed by atoms with E-state index < -0.39 is 0 Å². The second kappa shape index (κ2) is 7.17. The van der Waals surface area contributed by atoms with Crippen LogP contribution in [0.15, 0.2) is 42.5 Å². The maximum Gasteiger partial charge on any atom is 0.150 e. The molecule has 0 unspecified atom stereocenters. The van der Waals surface area contributed by atoms with Crippen LogP contribution in [0.2, 0.25) is 0 Å². The van der Waals surface area contributed by atoms with Gasteiger partial charge in [0.05, 0.1) is 0 Å². The third-order valence-corrected chi connectivity index (χ3v) is 4.75. The molecule has 0 heterocycles. The van der Waals surface area contributed by atoms with E-state index in [0.717, 1.165) is 23.8 Å². The van der Waals surface area contributed by atoms with Gasteiger partial charge in [-0.3, -0.25) is 4.79 Å². The van der Waals surface area contributed by atoms with Crippen LogP contribution >= 0.6 is 0 Å². The summed E-state index contributed by atoms with van der Waals surface area (Å²) in [5, 5.41) is 0. The number of hydrogen-bond donors (Lipinski definition) is 0. The van der Waals surface area contributed by atoms with Gasteiger partial charge in [-0.15, -0.1) is 0 Å². The first-order valence-electron chi connectivity index (χ1n) is 8.57. The SMILES string of the molecule is CC=C(CC(C)(C)c1cc(C)cc(C)c1)c1ccc(C=O)c(C)c1. The highest BCUT2D eigenvalue weighted by atomic mass is 16.1. The van der Waals surface area contributed by atoms with Crippen LogP contribution in [-0.4, -0.2) is 6.29 Å². The molecule has 2 aromatic carbocycles. The molecular weight excluding hydrogens is 292 g/mol. The Balaban J connectivity index is 2.35. The van der Waals surface area contributed by atoms with Gasteiger partial charge in [0.1, 0.15) is 6.29 Å². The van der Waals surface area contributed by atoms with Gasteiger partial charge in [-0.2, -0.15) is 0 Å². The summed E-state index contributed by atoms with van der Waals surface area (Å²) in [5.41, 5.74) is 8.38. The lowest BCUT2D eigenvalue weighted by molar-refractivity contribution is 0.112. The van der Waals surface area contributed by atoms with Gasteiger partial charge < -0.3 is 0 Å². The number of hydrogen-bond acceptors (Lipinski definition) is 1. The van der Waals surface area contributed by atoms with E-state index in [2.05, 4.69) is 71.0 Å². The molecule has 126 valence electrons. The fourth-order valence-electron chi connectivity index (χ4n) is 3.32. The highest BCUT2D eigenvalue weighted by Gasteiger charge is 2.23. The lowest BCUT2D eigenvalue weighted by atomic mass is 9.76. The quantitative estimate of drug-likeness (QED) is 0.600. The van der Waals surface area contributed by atoms with Crippen molar-refractivity contribution in [3.8, 4) is 0 Å². The van der Waals surface area contributed by atoms with Crippen molar-refractivity contribution in [1.29, 1.82) is 0 Å². The average molecular weight is 320 g/mol. The average Bonchev–Trinajstić information content (AvgIpc) is 2.51. The van der Waals surface area contributed by atoms with Gasteiger partial charge in [0.25, 0.3) is 0 Å². The molecule has 0 saturated heterocycles. The zero-order chi connectivity index (χ0) is 17.9. The van der Waals surface area contributed by atoms with E-state index in [9.17, 15) is 4.79 Å². The highest BCUT2D eigenvalue weighted by molar-refractivity contribution is 5.79. The smallest absolute Gasteiger partial charge is 0.150 e. The summed E-state index contributed by atoms with van der Waals surface area (Å²) in [6.45, 7) is 13.0.